The Morgan fingerprint density at radius 1 is 1.15 bits per heavy atom. The molecule has 0 bridgehead atoms. The Hall–Kier alpha value is -2.90. The fraction of sp³-hybridized carbons (Fsp3) is 0.0952. The molecule has 0 radical (unpaired) electrons. The van der Waals surface area contributed by atoms with E-state index in [0.29, 0.717) is 26.8 Å². The van der Waals surface area contributed by atoms with Crippen molar-refractivity contribution in [2.45, 2.75) is 10.6 Å². The van der Waals surface area contributed by atoms with Gasteiger partial charge in [-0.05, 0) is 48.0 Å². The normalized spacial score (nSPS) is 12.5. The molecule has 0 spiro atoms. The Balaban J connectivity index is 1.53. The molecule has 0 saturated heterocycles. The minimum Gasteiger partial charge on any atom is -0.298 e. The number of anilines is 1. The van der Waals surface area contributed by atoms with E-state index >= 15 is 0 Å². The quantitative estimate of drug-likeness (QED) is 0.329. The molecule has 1 atom stereocenters. The highest BCUT2D eigenvalue weighted by molar-refractivity contribution is 7.94. The van der Waals surface area contributed by atoms with E-state index < -0.39 is 32.6 Å². The standard InChI is InChI=1S/C21H16ClN3O6S3/c22-19-7-8-20(32-19)34(30,31)11-16(26)9-13-1-4-15(5-2-13)25-12-23-18-6-3-14(24-33(28)29)10-17(18)21(25)27/h1-8,10,12,24H,9,11H2,(H,28,29). The molecule has 4 rings (SSSR count). The lowest BCUT2D eigenvalue weighted by Crippen LogP contribution is -2.19. The molecule has 2 aromatic heterocycles. The Morgan fingerprint density at radius 3 is 2.53 bits per heavy atom. The molecule has 34 heavy (non-hydrogen) atoms. The summed E-state index contributed by atoms with van der Waals surface area (Å²) in [5, 5.41) is 0.246. The van der Waals surface area contributed by atoms with E-state index in [9.17, 15) is 22.2 Å². The number of ketones is 1. The van der Waals surface area contributed by atoms with Crippen molar-refractivity contribution in [1.29, 1.82) is 0 Å². The van der Waals surface area contributed by atoms with E-state index in [0.717, 1.165) is 11.3 Å². The molecule has 0 fully saturated rings. The van der Waals surface area contributed by atoms with Gasteiger partial charge in [0.05, 0.1) is 20.9 Å². The number of nitrogens with one attached hydrogen (secondary N) is 1. The lowest BCUT2D eigenvalue weighted by Gasteiger charge is -2.09. The average molecular weight is 538 g/mol. The molecule has 13 heteroatoms. The average Bonchev–Trinajstić information content (AvgIpc) is 3.22. The number of halogens is 1. The number of benzene rings is 2. The summed E-state index contributed by atoms with van der Waals surface area (Å²) in [5.41, 5.74) is 1.40. The zero-order valence-electron chi connectivity index (χ0n) is 17.2. The SMILES string of the molecule is O=C(Cc1ccc(-n2cnc3ccc(NS(=O)O)cc3c2=O)cc1)CS(=O)(=O)c1ccc(Cl)s1. The number of nitrogens with zero attached hydrogens (tertiary/aromatic N) is 2. The summed E-state index contributed by atoms with van der Waals surface area (Å²) < 4.78 is 48.7. The summed E-state index contributed by atoms with van der Waals surface area (Å²) in [6.45, 7) is 0. The number of carbonyl (C=O) groups excluding carboxylic acids is 1. The lowest BCUT2D eigenvalue weighted by atomic mass is 10.1. The van der Waals surface area contributed by atoms with Crippen LogP contribution in [0, 0.1) is 0 Å². The van der Waals surface area contributed by atoms with E-state index in [1.165, 1.54) is 35.2 Å². The Kier molecular flexibility index (Phi) is 6.96. The summed E-state index contributed by atoms with van der Waals surface area (Å²) in [6.07, 6.45) is 1.28. The zero-order valence-corrected chi connectivity index (χ0v) is 20.4. The van der Waals surface area contributed by atoms with Gasteiger partial charge in [0.1, 0.15) is 16.3 Å². The van der Waals surface area contributed by atoms with Crippen LogP contribution in [0.1, 0.15) is 5.56 Å². The minimum atomic E-state index is -3.76. The van der Waals surface area contributed by atoms with E-state index in [1.54, 1.807) is 30.3 Å². The number of Topliss-reactive ketones (excluding diaryl/α,β-unsaturated/α-hetero) is 1. The topological polar surface area (TPSA) is 135 Å². The van der Waals surface area contributed by atoms with E-state index in [1.807, 2.05) is 0 Å². The van der Waals surface area contributed by atoms with Gasteiger partial charge in [0, 0.05) is 12.1 Å². The van der Waals surface area contributed by atoms with Gasteiger partial charge in [0.25, 0.3) is 16.8 Å². The van der Waals surface area contributed by atoms with Crippen LogP contribution in [0.5, 0.6) is 0 Å². The number of rotatable bonds is 8. The van der Waals surface area contributed by atoms with E-state index in [-0.39, 0.29) is 21.6 Å². The first-order valence-corrected chi connectivity index (χ1v) is 13.6. The van der Waals surface area contributed by atoms with E-state index in [4.69, 9.17) is 16.2 Å². The van der Waals surface area contributed by atoms with Gasteiger partial charge in [-0.1, -0.05) is 23.7 Å². The molecular formula is C21H16ClN3O6S3. The van der Waals surface area contributed by atoms with Gasteiger partial charge < -0.3 is 0 Å². The van der Waals surface area contributed by atoms with Gasteiger partial charge in [-0.15, -0.1) is 11.3 Å². The van der Waals surface area contributed by atoms with Crippen molar-refractivity contribution >= 4 is 66.4 Å². The molecule has 1 unspecified atom stereocenters. The van der Waals surface area contributed by atoms with Crippen molar-refractivity contribution in [3.63, 3.8) is 0 Å². The van der Waals surface area contributed by atoms with Crippen LogP contribution >= 0.6 is 22.9 Å². The van der Waals surface area contributed by atoms with Crippen molar-refractivity contribution < 1.29 is 22.0 Å². The molecule has 9 nitrogen and oxygen atoms in total. The number of aromatic nitrogens is 2. The van der Waals surface area contributed by atoms with Gasteiger partial charge >= 0.3 is 0 Å². The van der Waals surface area contributed by atoms with Crippen LogP contribution in [0.25, 0.3) is 16.6 Å². The maximum absolute atomic E-state index is 13.0. The van der Waals surface area contributed by atoms with Crippen molar-refractivity contribution in [2.24, 2.45) is 0 Å². The highest BCUT2D eigenvalue weighted by Crippen LogP contribution is 2.26. The van der Waals surface area contributed by atoms with Gasteiger partial charge in [0.2, 0.25) is 0 Å². The van der Waals surface area contributed by atoms with Crippen LogP contribution in [0.2, 0.25) is 4.34 Å². The molecule has 0 saturated carbocycles. The van der Waals surface area contributed by atoms with Crippen molar-refractivity contribution in [3.8, 4) is 5.69 Å². The second kappa shape index (κ2) is 9.76. The second-order valence-corrected chi connectivity index (χ2v) is 11.8. The number of thiophene rings is 1. The predicted molar refractivity (Wildman–Crippen MR) is 132 cm³/mol. The zero-order chi connectivity index (χ0) is 24.5. The Bertz CT molecular complexity index is 1580. The van der Waals surface area contributed by atoms with Crippen LogP contribution in [-0.4, -0.2) is 38.3 Å². The number of hydrogen-bond acceptors (Lipinski definition) is 7. The van der Waals surface area contributed by atoms with Gasteiger partial charge in [-0.3, -0.25) is 23.4 Å². The summed E-state index contributed by atoms with van der Waals surface area (Å²) in [4.78, 5) is 29.6. The maximum atomic E-state index is 13.0. The smallest absolute Gasteiger partial charge is 0.265 e. The molecule has 2 aromatic carbocycles. The highest BCUT2D eigenvalue weighted by atomic mass is 35.5. The fourth-order valence-electron chi connectivity index (χ4n) is 3.27. The number of fused-ring (bicyclic) bond motifs is 1. The molecule has 0 aliphatic heterocycles. The third-order valence-corrected chi connectivity index (χ3v) is 8.68. The largest absolute Gasteiger partial charge is 0.298 e. The highest BCUT2D eigenvalue weighted by Gasteiger charge is 2.21. The molecule has 0 aliphatic rings. The van der Waals surface area contributed by atoms with Crippen LogP contribution in [-0.2, 0) is 32.3 Å². The van der Waals surface area contributed by atoms with Crippen molar-refractivity contribution in [2.75, 3.05) is 10.5 Å². The van der Waals surface area contributed by atoms with Crippen LogP contribution in [0.3, 0.4) is 0 Å². The van der Waals surface area contributed by atoms with Crippen LogP contribution < -0.4 is 10.3 Å². The molecule has 0 amide bonds. The third-order valence-electron chi connectivity index (χ3n) is 4.79. The molecule has 2 heterocycles. The number of sulfone groups is 1. The van der Waals surface area contributed by atoms with E-state index in [2.05, 4.69) is 9.71 Å². The molecule has 4 aromatic rings. The second-order valence-electron chi connectivity index (χ2n) is 7.20. The first-order valence-electron chi connectivity index (χ1n) is 9.60. The number of hydrogen-bond donors (Lipinski definition) is 2. The van der Waals surface area contributed by atoms with Crippen molar-refractivity contribution in [3.05, 3.63) is 81.2 Å². The Morgan fingerprint density at radius 2 is 1.88 bits per heavy atom. The maximum Gasteiger partial charge on any atom is 0.265 e. The van der Waals surface area contributed by atoms with Gasteiger partial charge in [0.15, 0.2) is 15.6 Å². The predicted octanol–water partition coefficient (Wildman–Crippen LogP) is 3.23. The summed E-state index contributed by atoms with van der Waals surface area (Å²) >= 11 is 4.41. The molecular weight excluding hydrogens is 522 g/mol. The monoisotopic (exact) mass is 537 g/mol. The number of carbonyl (C=O) groups is 1. The minimum absolute atomic E-state index is 0.0490. The van der Waals surface area contributed by atoms with Gasteiger partial charge in [-0.2, -0.15) is 0 Å². The van der Waals surface area contributed by atoms with Gasteiger partial charge in [-0.25, -0.2) is 17.6 Å². The fourth-order valence-corrected chi connectivity index (χ4v) is 6.41. The first-order chi connectivity index (χ1) is 16.1. The first kappa shape index (κ1) is 24.2. The van der Waals surface area contributed by atoms with Crippen LogP contribution in [0.15, 0.2) is 69.9 Å². The summed E-state index contributed by atoms with van der Waals surface area (Å²) in [6, 6.07) is 13.9. The molecule has 176 valence electrons. The third kappa shape index (κ3) is 5.42. The van der Waals surface area contributed by atoms with Crippen molar-refractivity contribution in [1.82, 2.24) is 9.55 Å². The molecule has 2 N–H and O–H groups in total. The molecule has 0 aliphatic carbocycles. The lowest BCUT2D eigenvalue weighted by molar-refractivity contribution is -0.116. The summed E-state index contributed by atoms with van der Waals surface area (Å²) in [5.74, 6) is -1.10. The summed E-state index contributed by atoms with van der Waals surface area (Å²) in [7, 11) is -3.76. The Labute approximate surface area is 205 Å². The van der Waals surface area contributed by atoms with Crippen LogP contribution in [0.4, 0.5) is 5.69 Å².